The van der Waals surface area contributed by atoms with E-state index in [0.717, 1.165) is 61.0 Å². The van der Waals surface area contributed by atoms with E-state index in [1.54, 1.807) is 29.1 Å². The van der Waals surface area contributed by atoms with E-state index in [1.807, 2.05) is 71.4 Å². The van der Waals surface area contributed by atoms with Crippen LogP contribution in [-0.2, 0) is 5.41 Å². The van der Waals surface area contributed by atoms with Gasteiger partial charge in [-0.05, 0) is 107 Å². The molecule has 0 atom stereocenters. The first-order valence-electron chi connectivity index (χ1n) is 30.2. The predicted molar refractivity (Wildman–Crippen MR) is 313 cm³/mol. The molecule has 0 unspecified atom stereocenters. The van der Waals surface area contributed by atoms with E-state index in [1.165, 1.54) is 10.8 Å². The van der Waals surface area contributed by atoms with Gasteiger partial charge in [-0.25, -0.2) is 4.98 Å². The van der Waals surface area contributed by atoms with Crippen molar-refractivity contribution in [2.75, 3.05) is 0 Å². The minimum Gasteiger partial charge on any atom is -0.457 e. The summed E-state index contributed by atoms with van der Waals surface area (Å²) in [5.41, 5.74) is 10.7. The lowest BCUT2D eigenvalue weighted by Crippen LogP contribution is -2.30. The molecule has 0 amide bonds. The van der Waals surface area contributed by atoms with E-state index >= 15 is 0 Å². The third-order valence-electron chi connectivity index (χ3n) is 14.4. The lowest BCUT2D eigenvalue weighted by Gasteiger charge is -2.20. The molecule has 0 N–H and O–H groups in total. The summed E-state index contributed by atoms with van der Waals surface area (Å²) in [6.07, 6.45) is 3.66. The van der Waals surface area contributed by atoms with Crippen LogP contribution in [0, 0.1) is 0 Å². The molecule has 14 aromatic rings. The zero-order valence-corrected chi connectivity index (χ0v) is 41.7. The Labute approximate surface area is 455 Å². The van der Waals surface area contributed by atoms with E-state index in [9.17, 15) is 0 Å². The van der Waals surface area contributed by atoms with Gasteiger partial charge in [-0.2, -0.15) is 9.13 Å². The first kappa shape index (κ1) is 35.4. The van der Waals surface area contributed by atoms with Crippen molar-refractivity contribution in [3.8, 4) is 67.8 Å². The molecule has 0 fully saturated rings. The van der Waals surface area contributed by atoms with Crippen molar-refractivity contribution in [2.45, 2.75) is 26.2 Å². The summed E-state index contributed by atoms with van der Waals surface area (Å²) in [4.78, 5) is 5.01. The summed E-state index contributed by atoms with van der Waals surface area (Å²) in [6, 6.07) is 57.5. The van der Waals surface area contributed by atoms with E-state index in [2.05, 4.69) is 139 Å². The highest BCUT2D eigenvalue weighted by molar-refractivity contribution is 6.15. The Morgan fingerprint density at radius 3 is 1.87 bits per heavy atom. The number of hydrogen-bond donors (Lipinski definition) is 0. The number of ether oxygens (including phenoxy) is 1. The summed E-state index contributed by atoms with van der Waals surface area (Å²) < 4.78 is 103. The van der Waals surface area contributed by atoms with E-state index in [0.29, 0.717) is 28.2 Å². The number of imidazole rings is 1. The van der Waals surface area contributed by atoms with Crippen LogP contribution in [0.25, 0.3) is 111 Å². The first-order chi connectivity index (χ1) is 41.5. The van der Waals surface area contributed by atoms with E-state index in [-0.39, 0.29) is 33.4 Å². The van der Waals surface area contributed by atoms with Crippen LogP contribution in [0.2, 0.25) is 0 Å². The lowest BCUT2D eigenvalue weighted by atomic mass is 9.88. The average molecular weight is 989 g/mol. The molecule has 0 aliphatic carbocycles. The summed E-state index contributed by atoms with van der Waals surface area (Å²) in [5, 5.41) is 4.40. The number of rotatable bonds is 9. The number of hydrogen-bond acceptors (Lipinski definition) is 2. The minimum absolute atomic E-state index is 0.116. The minimum atomic E-state index is -0.563. The lowest BCUT2D eigenvalue weighted by molar-refractivity contribution is -0.566. The Hall–Kier alpha value is -9.78. The molecule has 6 nitrogen and oxygen atoms in total. The molecule has 4 aromatic heterocycles. The Kier molecular flexibility index (Phi) is 8.38. The van der Waals surface area contributed by atoms with Crippen molar-refractivity contribution in [3.05, 3.63) is 267 Å². The van der Waals surface area contributed by atoms with Gasteiger partial charge < -0.3 is 9.30 Å². The van der Waals surface area contributed by atoms with Crippen LogP contribution in [0.4, 0.5) is 0 Å². The SMILES string of the molecule is [2H]c1c([2H])c([2H])c(-c2cccc(-c3c([2H])c([2H])c([2H])c([2H])c3[2H])c2-[n+]2cn(-c3cccc(Oc4ccc5c6cc(-c7cccc8c9ccccc9n(-c9ccccc9)c78)ccc6n(-c6cc(C(C)(C)C)ccn6)c5c4)c3)c3ccccc32)c([2H])c1[2H]. The van der Waals surface area contributed by atoms with Crippen molar-refractivity contribution in [1.29, 1.82) is 0 Å². The smallest absolute Gasteiger partial charge is 0.255 e. The highest BCUT2D eigenvalue weighted by Crippen LogP contribution is 2.42. The predicted octanol–water partition coefficient (Wildman–Crippen LogP) is 17.6. The van der Waals surface area contributed by atoms with E-state index in [4.69, 9.17) is 23.4 Å². The second-order valence-corrected chi connectivity index (χ2v) is 19.9. The van der Waals surface area contributed by atoms with Gasteiger partial charge in [0.15, 0.2) is 11.0 Å². The summed E-state index contributed by atoms with van der Waals surface area (Å²) in [5.74, 6) is 1.86. The van der Waals surface area contributed by atoms with Crippen LogP contribution in [0.3, 0.4) is 0 Å². The quantitative estimate of drug-likeness (QED) is 0.135. The molecule has 76 heavy (non-hydrogen) atoms. The summed E-state index contributed by atoms with van der Waals surface area (Å²) in [6.45, 7) is 6.59. The molecular weight excluding hydrogens is 927 g/mol. The van der Waals surface area contributed by atoms with Crippen molar-refractivity contribution in [2.24, 2.45) is 0 Å². The number of pyridine rings is 1. The van der Waals surface area contributed by atoms with E-state index < -0.39 is 60.4 Å². The van der Waals surface area contributed by atoms with Gasteiger partial charge in [-0.15, -0.1) is 0 Å². The highest BCUT2D eigenvalue weighted by atomic mass is 16.5. The van der Waals surface area contributed by atoms with Gasteiger partial charge in [0, 0.05) is 62.3 Å². The summed E-state index contributed by atoms with van der Waals surface area (Å²) >= 11 is 0. The van der Waals surface area contributed by atoms with Gasteiger partial charge in [-0.3, -0.25) is 4.57 Å². The third-order valence-corrected chi connectivity index (χ3v) is 14.4. The highest BCUT2D eigenvalue weighted by Gasteiger charge is 2.26. The molecule has 0 bridgehead atoms. The molecule has 0 aliphatic heterocycles. The fraction of sp³-hybridized carbons (Fsp3) is 0.0571. The number of nitrogens with zero attached hydrogens (tertiary/aromatic N) is 5. The largest absolute Gasteiger partial charge is 0.457 e. The molecule has 0 aliphatic rings. The standard InChI is InChI=1S/C70H52N5O/c1-70(2,3)50-40-41-71-67(43-50)75-63-39-36-49(57-31-19-32-60-58-28-13-14-33-62(58)74(69(57)60)51-24-11-6-12-25-51)42-61(63)59-38-37-54(45-66(59)75)76-53-27-17-26-52(44-53)72-46-73(65-35-16-15-34-64(65)72)68-55(47-20-7-4-8-21-47)29-18-30-56(68)48-22-9-5-10-23-48/h4-46H,1-3H3/q+1/i4D,5D,7D,8D,9D,10D,20D,21D,22D,23D. The molecule has 0 saturated carbocycles. The molecule has 6 heteroatoms. The molecule has 14 rings (SSSR count). The summed E-state index contributed by atoms with van der Waals surface area (Å²) in [7, 11) is 0. The maximum absolute atomic E-state index is 9.11. The number of benzene rings is 10. The van der Waals surface area contributed by atoms with Gasteiger partial charge in [0.2, 0.25) is 0 Å². The Bertz CT molecular complexity index is 5010. The van der Waals surface area contributed by atoms with Crippen LogP contribution in [0.15, 0.2) is 261 Å². The number of aromatic nitrogens is 5. The van der Waals surface area contributed by atoms with Crippen LogP contribution in [-0.4, -0.2) is 18.7 Å². The van der Waals surface area contributed by atoms with Crippen molar-refractivity contribution >= 4 is 54.6 Å². The second-order valence-electron chi connectivity index (χ2n) is 19.9. The molecule has 4 heterocycles. The maximum atomic E-state index is 9.11. The van der Waals surface area contributed by atoms with Crippen LogP contribution in [0.5, 0.6) is 11.5 Å². The first-order valence-corrected chi connectivity index (χ1v) is 25.2. The molecular formula is C70H52N5O+. The molecule has 362 valence electrons. The van der Waals surface area contributed by atoms with Gasteiger partial charge in [-0.1, -0.05) is 178 Å². The maximum Gasteiger partial charge on any atom is 0.255 e. The van der Waals surface area contributed by atoms with Crippen molar-refractivity contribution < 1.29 is 23.0 Å². The zero-order chi connectivity index (χ0) is 59.6. The van der Waals surface area contributed by atoms with Crippen LogP contribution in [0.1, 0.15) is 40.0 Å². The molecule has 0 radical (unpaired) electrons. The zero-order valence-electron chi connectivity index (χ0n) is 51.7. The molecule has 0 spiro atoms. The average Bonchev–Trinajstić information content (AvgIpc) is 1.53. The molecule has 10 aromatic carbocycles. The fourth-order valence-corrected chi connectivity index (χ4v) is 10.9. The Morgan fingerprint density at radius 2 is 1.09 bits per heavy atom. The van der Waals surface area contributed by atoms with Gasteiger partial charge in [0.05, 0.1) is 35.8 Å². The molecule has 0 saturated heterocycles. The van der Waals surface area contributed by atoms with Gasteiger partial charge in [0.1, 0.15) is 28.7 Å². The number of para-hydroxylation sites is 6. The van der Waals surface area contributed by atoms with Crippen LogP contribution < -0.4 is 9.30 Å². The topological polar surface area (TPSA) is 40.8 Å². The normalized spacial score (nSPS) is 13.7. The Morgan fingerprint density at radius 1 is 0.461 bits per heavy atom. The van der Waals surface area contributed by atoms with Gasteiger partial charge >= 0.3 is 0 Å². The monoisotopic (exact) mass is 988 g/mol. The fourth-order valence-electron chi connectivity index (χ4n) is 10.9. The van der Waals surface area contributed by atoms with Gasteiger partial charge in [0.25, 0.3) is 6.33 Å². The second kappa shape index (κ2) is 18.0. The number of fused-ring (bicyclic) bond motifs is 7. The van der Waals surface area contributed by atoms with Crippen molar-refractivity contribution in [1.82, 2.24) is 18.7 Å². The van der Waals surface area contributed by atoms with Crippen molar-refractivity contribution in [3.63, 3.8) is 0 Å². The van der Waals surface area contributed by atoms with Crippen LogP contribution >= 0.6 is 0 Å². The third kappa shape index (κ3) is 7.56. The Balaban J connectivity index is 0.921.